The molecule has 36 heavy (non-hydrogen) atoms. The molecule has 0 radical (unpaired) electrons. The molecule has 2 fully saturated rings. The molecule has 1 saturated heterocycles. The van der Waals surface area contributed by atoms with Crippen molar-refractivity contribution in [1.82, 2.24) is 15.5 Å². The quantitative estimate of drug-likeness (QED) is 0.455. The van der Waals surface area contributed by atoms with Gasteiger partial charge in [-0.3, -0.25) is 9.89 Å². The van der Waals surface area contributed by atoms with Crippen LogP contribution in [0.5, 0.6) is 0 Å². The van der Waals surface area contributed by atoms with Crippen molar-refractivity contribution in [1.29, 1.82) is 0 Å². The van der Waals surface area contributed by atoms with Crippen molar-refractivity contribution < 1.29 is 4.79 Å². The van der Waals surface area contributed by atoms with Gasteiger partial charge in [0.05, 0.1) is 16.6 Å². The Morgan fingerprint density at radius 2 is 1.81 bits per heavy atom. The molecule has 2 unspecified atom stereocenters. The molecule has 0 bridgehead atoms. The van der Waals surface area contributed by atoms with Crippen LogP contribution < -0.4 is 15.1 Å². The Morgan fingerprint density at radius 3 is 2.64 bits per heavy atom. The first-order chi connectivity index (χ1) is 17.6. The lowest BCUT2D eigenvalue weighted by Gasteiger charge is -2.29. The van der Waals surface area contributed by atoms with Gasteiger partial charge in [-0.1, -0.05) is 48.5 Å². The van der Waals surface area contributed by atoms with E-state index in [1.165, 1.54) is 16.8 Å². The van der Waals surface area contributed by atoms with Crippen molar-refractivity contribution >= 4 is 40.3 Å². The number of carbonyl (C=O) groups is 1. The number of aromatic nitrogens is 2. The molecule has 1 saturated carbocycles. The van der Waals surface area contributed by atoms with Crippen molar-refractivity contribution in [2.75, 3.05) is 43.0 Å². The van der Waals surface area contributed by atoms with Crippen LogP contribution in [0, 0.1) is 0 Å². The Labute approximate surface area is 210 Å². The molecule has 2 atom stereocenters. The molecular weight excluding hydrogens is 446 g/mol. The summed E-state index contributed by atoms with van der Waals surface area (Å²) >= 11 is 0. The SMILES string of the molecule is CN1C(=O)C2(CC2c2ccc3c(/C=C/c4ccc(N5CCNCC5)cc4)n[nH]c3c2)c2ccccc21. The van der Waals surface area contributed by atoms with E-state index in [0.29, 0.717) is 0 Å². The molecule has 1 aromatic heterocycles. The number of piperazine rings is 1. The zero-order valence-corrected chi connectivity index (χ0v) is 20.4. The maximum Gasteiger partial charge on any atom is 0.238 e. The lowest BCUT2D eigenvalue weighted by Crippen LogP contribution is -2.43. The molecule has 7 rings (SSSR count). The molecular formula is C30H29N5O. The third-order valence-electron chi connectivity index (χ3n) is 8.22. The van der Waals surface area contributed by atoms with Gasteiger partial charge in [-0.2, -0.15) is 5.10 Å². The van der Waals surface area contributed by atoms with Gasteiger partial charge in [0.15, 0.2) is 0 Å². The highest BCUT2D eigenvalue weighted by Crippen LogP contribution is 2.66. The Morgan fingerprint density at radius 1 is 1.00 bits per heavy atom. The average Bonchev–Trinajstić information content (AvgIpc) is 3.51. The van der Waals surface area contributed by atoms with Gasteiger partial charge in [0.2, 0.25) is 5.91 Å². The van der Waals surface area contributed by atoms with Crippen molar-refractivity contribution in [3.63, 3.8) is 0 Å². The summed E-state index contributed by atoms with van der Waals surface area (Å²) in [5, 5.41) is 12.3. The van der Waals surface area contributed by atoms with E-state index in [-0.39, 0.29) is 11.8 Å². The number of hydrogen-bond donors (Lipinski definition) is 2. The van der Waals surface area contributed by atoms with Crippen LogP contribution in [0.15, 0.2) is 66.7 Å². The van der Waals surface area contributed by atoms with Crippen molar-refractivity contribution in [3.05, 3.63) is 89.1 Å². The smallest absolute Gasteiger partial charge is 0.238 e. The van der Waals surface area contributed by atoms with Gasteiger partial charge < -0.3 is 15.1 Å². The highest BCUT2D eigenvalue weighted by atomic mass is 16.2. The highest BCUT2D eigenvalue weighted by molar-refractivity contribution is 6.11. The number of fused-ring (bicyclic) bond motifs is 3. The van der Waals surface area contributed by atoms with E-state index in [2.05, 4.69) is 81.1 Å². The maximum absolute atomic E-state index is 13.2. The zero-order valence-electron chi connectivity index (χ0n) is 20.4. The summed E-state index contributed by atoms with van der Waals surface area (Å²) < 4.78 is 0. The number of anilines is 2. The minimum absolute atomic E-state index is 0.206. The summed E-state index contributed by atoms with van der Waals surface area (Å²) in [6.45, 7) is 4.18. The van der Waals surface area contributed by atoms with Gasteiger partial charge in [-0.05, 0) is 53.5 Å². The number of amides is 1. The molecule has 2 N–H and O–H groups in total. The number of para-hydroxylation sites is 1. The van der Waals surface area contributed by atoms with Crippen LogP contribution in [0.4, 0.5) is 11.4 Å². The summed E-state index contributed by atoms with van der Waals surface area (Å²) in [7, 11) is 1.89. The predicted molar refractivity (Wildman–Crippen MR) is 145 cm³/mol. The monoisotopic (exact) mass is 475 g/mol. The second-order valence-corrected chi connectivity index (χ2v) is 10.2. The molecule has 3 aliphatic rings. The largest absolute Gasteiger partial charge is 0.369 e. The summed E-state index contributed by atoms with van der Waals surface area (Å²) in [5.74, 6) is 0.419. The third kappa shape index (κ3) is 3.21. The Kier molecular flexibility index (Phi) is 4.79. The number of hydrogen-bond acceptors (Lipinski definition) is 4. The zero-order chi connectivity index (χ0) is 24.3. The van der Waals surface area contributed by atoms with Gasteiger partial charge >= 0.3 is 0 Å². The highest BCUT2D eigenvalue weighted by Gasteiger charge is 2.66. The van der Waals surface area contributed by atoms with Crippen molar-refractivity contribution in [3.8, 4) is 0 Å². The van der Waals surface area contributed by atoms with Gasteiger partial charge in [-0.25, -0.2) is 0 Å². The van der Waals surface area contributed by atoms with Gasteiger partial charge in [0, 0.05) is 55.9 Å². The minimum atomic E-state index is -0.404. The van der Waals surface area contributed by atoms with E-state index in [0.717, 1.165) is 60.4 Å². The molecule has 3 heterocycles. The average molecular weight is 476 g/mol. The fourth-order valence-electron chi connectivity index (χ4n) is 6.16. The summed E-state index contributed by atoms with van der Waals surface area (Å²) in [6.07, 6.45) is 5.05. The van der Waals surface area contributed by atoms with E-state index in [9.17, 15) is 4.79 Å². The molecule has 180 valence electrons. The van der Waals surface area contributed by atoms with E-state index in [4.69, 9.17) is 0 Å². The Hall–Kier alpha value is -3.90. The van der Waals surface area contributed by atoms with Gasteiger partial charge in [0.1, 0.15) is 0 Å². The fraction of sp³-hybridized carbons (Fsp3) is 0.267. The lowest BCUT2D eigenvalue weighted by molar-refractivity contribution is -0.120. The maximum atomic E-state index is 13.2. The second-order valence-electron chi connectivity index (χ2n) is 10.2. The van der Waals surface area contributed by atoms with Crippen LogP contribution in [-0.2, 0) is 10.2 Å². The van der Waals surface area contributed by atoms with Crippen LogP contribution >= 0.6 is 0 Å². The molecule has 3 aromatic carbocycles. The number of carbonyl (C=O) groups excluding carboxylic acids is 1. The molecule has 6 heteroatoms. The van der Waals surface area contributed by atoms with Crippen LogP contribution in [0.25, 0.3) is 23.1 Å². The van der Waals surface area contributed by atoms with Crippen molar-refractivity contribution in [2.24, 2.45) is 0 Å². The molecule has 1 spiro atoms. The molecule has 1 amide bonds. The van der Waals surface area contributed by atoms with Crippen LogP contribution in [-0.4, -0.2) is 49.3 Å². The first-order valence-corrected chi connectivity index (χ1v) is 12.7. The number of likely N-dealkylation sites (N-methyl/N-ethyl adjacent to an activating group) is 1. The van der Waals surface area contributed by atoms with Crippen LogP contribution in [0.3, 0.4) is 0 Å². The number of benzene rings is 3. The molecule has 6 nitrogen and oxygen atoms in total. The topological polar surface area (TPSA) is 64.3 Å². The first kappa shape index (κ1) is 21.4. The number of nitrogens with one attached hydrogen (secondary N) is 2. The van der Waals surface area contributed by atoms with E-state index >= 15 is 0 Å². The fourth-order valence-corrected chi connectivity index (χ4v) is 6.16. The first-order valence-electron chi connectivity index (χ1n) is 12.7. The van der Waals surface area contributed by atoms with E-state index in [1.807, 2.05) is 30.1 Å². The van der Waals surface area contributed by atoms with E-state index < -0.39 is 5.41 Å². The summed E-state index contributed by atoms with van der Waals surface area (Å²) in [6, 6.07) is 23.4. The van der Waals surface area contributed by atoms with Gasteiger partial charge in [-0.15, -0.1) is 0 Å². The van der Waals surface area contributed by atoms with E-state index in [1.54, 1.807) is 0 Å². The van der Waals surface area contributed by atoms with Crippen LogP contribution in [0.2, 0.25) is 0 Å². The molecule has 4 aromatic rings. The molecule has 2 aliphatic heterocycles. The number of aromatic amines is 1. The van der Waals surface area contributed by atoms with Gasteiger partial charge in [0.25, 0.3) is 0 Å². The van der Waals surface area contributed by atoms with Crippen LogP contribution in [0.1, 0.15) is 34.7 Å². The Bertz CT molecular complexity index is 1500. The molecule has 1 aliphatic carbocycles. The Balaban J connectivity index is 1.12. The number of nitrogens with zero attached hydrogens (tertiary/aromatic N) is 3. The normalized spacial score (nSPS) is 23.2. The standard InChI is InChI=1S/C30H29N5O/c1-34-28-5-3-2-4-24(28)30(29(34)36)19-25(30)21-9-12-23-26(32-33-27(23)18-21)13-8-20-6-10-22(11-7-20)35-16-14-31-15-17-35/h2-13,18,25,31H,14-17,19H2,1H3,(H,32,33)/b13-8+. The predicted octanol–water partition coefficient (Wildman–Crippen LogP) is 4.54. The minimum Gasteiger partial charge on any atom is -0.369 e. The summed E-state index contributed by atoms with van der Waals surface area (Å²) in [5.41, 5.74) is 7.37. The lowest BCUT2D eigenvalue weighted by atomic mass is 9.92. The number of rotatable bonds is 4. The number of H-pyrrole nitrogens is 1. The second kappa shape index (κ2) is 8.07. The third-order valence-corrected chi connectivity index (χ3v) is 8.22. The summed E-state index contributed by atoms with van der Waals surface area (Å²) in [4.78, 5) is 17.5. The van der Waals surface area contributed by atoms with Crippen molar-refractivity contribution in [2.45, 2.75) is 17.8 Å².